The van der Waals surface area contributed by atoms with Crippen LogP contribution in [-0.4, -0.2) is 31.7 Å². The number of nitrogens with one attached hydrogen (secondary N) is 1. The summed E-state index contributed by atoms with van der Waals surface area (Å²) in [5.74, 6) is -0.0859. The number of sulfonamides is 1. The van der Waals surface area contributed by atoms with Crippen LogP contribution in [0.3, 0.4) is 0 Å². The molecule has 1 atom stereocenters. The van der Waals surface area contributed by atoms with Crippen LogP contribution < -0.4 is 5.32 Å². The van der Waals surface area contributed by atoms with E-state index in [1.807, 2.05) is 42.5 Å². The van der Waals surface area contributed by atoms with Crippen molar-refractivity contribution in [2.45, 2.75) is 38.1 Å². The monoisotopic (exact) mass is 424 g/mol. The summed E-state index contributed by atoms with van der Waals surface area (Å²) >= 11 is 0. The Kier molecular flexibility index (Phi) is 6.35. The fourth-order valence-corrected chi connectivity index (χ4v) is 5.60. The molecule has 1 fully saturated rings. The number of carbonyl (C=O) groups excluding carboxylic acids is 1. The number of amides is 1. The molecule has 0 aromatic heterocycles. The maximum absolute atomic E-state index is 12.9. The van der Waals surface area contributed by atoms with Crippen LogP contribution in [0.1, 0.15) is 48.4 Å². The summed E-state index contributed by atoms with van der Waals surface area (Å²) in [4.78, 5) is 12.9. The molecule has 0 unspecified atom stereocenters. The lowest BCUT2D eigenvalue weighted by Crippen LogP contribution is -2.43. The molecule has 1 amide bonds. The highest BCUT2D eigenvalue weighted by atomic mass is 32.2. The minimum atomic E-state index is -3.48. The Bertz CT molecular complexity index is 1010. The molecule has 1 saturated heterocycles. The number of hydrogen-bond acceptors (Lipinski definition) is 3. The SMILES string of the molecule is O=C(N[C@H]1CCCc2ccccc21)C1CCN(S(=O)(=O)/C=C/c2ccccc2)CC1. The summed E-state index contributed by atoms with van der Waals surface area (Å²) in [6.45, 7) is 0.752. The summed E-state index contributed by atoms with van der Waals surface area (Å²) in [7, 11) is -3.48. The fourth-order valence-electron chi connectivity index (χ4n) is 4.38. The molecular weight excluding hydrogens is 396 g/mol. The normalized spacial score (nSPS) is 20.7. The van der Waals surface area contributed by atoms with Gasteiger partial charge in [-0.05, 0) is 54.9 Å². The van der Waals surface area contributed by atoms with Gasteiger partial charge in [0.1, 0.15) is 0 Å². The van der Waals surface area contributed by atoms with Crippen molar-refractivity contribution < 1.29 is 13.2 Å². The van der Waals surface area contributed by atoms with Crippen LogP contribution >= 0.6 is 0 Å². The molecule has 30 heavy (non-hydrogen) atoms. The molecule has 158 valence electrons. The lowest BCUT2D eigenvalue weighted by atomic mass is 9.87. The van der Waals surface area contributed by atoms with Crippen molar-refractivity contribution in [3.63, 3.8) is 0 Å². The van der Waals surface area contributed by atoms with E-state index in [-0.39, 0.29) is 17.9 Å². The van der Waals surface area contributed by atoms with E-state index in [0.717, 1.165) is 24.8 Å². The van der Waals surface area contributed by atoms with Crippen LogP contribution in [-0.2, 0) is 21.2 Å². The van der Waals surface area contributed by atoms with Crippen molar-refractivity contribution in [2.24, 2.45) is 5.92 Å². The highest BCUT2D eigenvalue weighted by molar-refractivity contribution is 7.92. The van der Waals surface area contributed by atoms with Gasteiger partial charge in [-0.15, -0.1) is 0 Å². The second kappa shape index (κ2) is 9.14. The quantitative estimate of drug-likeness (QED) is 0.792. The maximum atomic E-state index is 12.9. The first-order valence-electron chi connectivity index (χ1n) is 10.6. The van der Waals surface area contributed by atoms with E-state index in [0.29, 0.717) is 25.9 Å². The van der Waals surface area contributed by atoms with Crippen LogP contribution in [0.15, 0.2) is 60.0 Å². The van der Waals surface area contributed by atoms with E-state index >= 15 is 0 Å². The molecule has 2 aromatic rings. The Morgan fingerprint density at radius 2 is 1.67 bits per heavy atom. The number of rotatable bonds is 5. The van der Waals surface area contributed by atoms with Crippen molar-refractivity contribution in [1.82, 2.24) is 9.62 Å². The molecule has 0 radical (unpaired) electrons. The van der Waals surface area contributed by atoms with E-state index in [4.69, 9.17) is 0 Å². The molecule has 4 rings (SSSR count). The molecule has 2 aliphatic rings. The van der Waals surface area contributed by atoms with E-state index < -0.39 is 10.0 Å². The van der Waals surface area contributed by atoms with E-state index in [2.05, 4.69) is 17.4 Å². The van der Waals surface area contributed by atoms with Gasteiger partial charge in [0.05, 0.1) is 6.04 Å². The zero-order valence-corrected chi connectivity index (χ0v) is 17.9. The van der Waals surface area contributed by atoms with E-state index in [9.17, 15) is 13.2 Å². The van der Waals surface area contributed by atoms with E-state index in [1.165, 1.54) is 20.8 Å². The van der Waals surface area contributed by atoms with Gasteiger partial charge in [0.15, 0.2) is 0 Å². The summed E-state index contributed by atoms with van der Waals surface area (Å²) in [6, 6.07) is 17.8. The average molecular weight is 425 g/mol. The van der Waals surface area contributed by atoms with Crippen molar-refractivity contribution in [3.05, 3.63) is 76.7 Å². The Balaban J connectivity index is 1.33. The van der Waals surface area contributed by atoms with Gasteiger partial charge in [-0.3, -0.25) is 4.79 Å². The van der Waals surface area contributed by atoms with Crippen LogP contribution in [0, 0.1) is 5.92 Å². The lowest BCUT2D eigenvalue weighted by Gasteiger charge is -2.32. The average Bonchev–Trinajstić information content (AvgIpc) is 2.79. The largest absolute Gasteiger partial charge is 0.349 e. The molecule has 1 N–H and O–H groups in total. The Hall–Kier alpha value is -2.44. The predicted octanol–water partition coefficient (Wildman–Crippen LogP) is 3.89. The Morgan fingerprint density at radius 3 is 2.43 bits per heavy atom. The van der Waals surface area contributed by atoms with Gasteiger partial charge in [0.25, 0.3) is 0 Å². The standard InChI is InChI=1S/C24H28N2O3S/c27-24(25-23-12-6-10-20-9-4-5-11-22(20)23)21-13-16-26(17-14-21)30(28,29)18-15-19-7-2-1-3-8-19/h1-5,7-9,11,15,18,21,23H,6,10,12-14,16-17H2,(H,25,27)/b18-15+/t23-/m0/s1. The third-order valence-corrected chi connectivity index (χ3v) is 7.67. The maximum Gasteiger partial charge on any atom is 0.236 e. The van der Waals surface area contributed by atoms with E-state index in [1.54, 1.807) is 6.08 Å². The highest BCUT2D eigenvalue weighted by Crippen LogP contribution is 2.30. The van der Waals surface area contributed by atoms with Gasteiger partial charge in [-0.1, -0.05) is 54.6 Å². The van der Waals surface area contributed by atoms with Gasteiger partial charge in [0.2, 0.25) is 15.9 Å². The third kappa shape index (κ3) is 4.82. The van der Waals surface area contributed by atoms with Gasteiger partial charge in [0, 0.05) is 24.4 Å². The van der Waals surface area contributed by atoms with Gasteiger partial charge < -0.3 is 5.32 Å². The number of aryl methyl sites for hydroxylation is 1. The van der Waals surface area contributed by atoms with Crippen molar-refractivity contribution in [1.29, 1.82) is 0 Å². The predicted molar refractivity (Wildman–Crippen MR) is 119 cm³/mol. The lowest BCUT2D eigenvalue weighted by molar-refractivity contribution is -0.127. The molecule has 6 heteroatoms. The van der Waals surface area contributed by atoms with Crippen LogP contribution in [0.5, 0.6) is 0 Å². The number of nitrogens with zero attached hydrogens (tertiary/aromatic N) is 1. The first-order chi connectivity index (χ1) is 14.5. The van der Waals surface area contributed by atoms with Gasteiger partial charge in [-0.2, -0.15) is 4.31 Å². The molecule has 0 spiro atoms. The van der Waals surface area contributed by atoms with Crippen LogP contribution in [0.25, 0.3) is 6.08 Å². The zero-order chi connectivity index (χ0) is 21.0. The molecule has 0 bridgehead atoms. The first kappa shape index (κ1) is 20.8. The Morgan fingerprint density at radius 1 is 0.967 bits per heavy atom. The smallest absolute Gasteiger partial charge is 0.236 e. The summed E-state index contributed by atoms with van der Waals surface area (Å²) in [5, 5.41) is 4.49. The molecule has 1 heterocycles. The van der Waals surface area contributed by atoms with Crippen LogP contribution in [0.4, 0.5) is 0 Å². The molecule has 1 aliphatic carbocycles. The molecule has 5 nitrogen and oxygen atoms in total. The first-order valence-corrected chi connectivity index (χ1v) is 12.1. The number of piperidine rings is 1. The summed E-state index contributed by atoms with van der Waals surface area (Å²) < 4.78 is 26.7. The summed E-state index contributed by atoms with van der Waals surface area (Å²) in [6.07, 6.45) is 5.83. The fraction of sp³-hybridized carbons (Fsp3) is 0.375. The molecule has 1 aliphatic heterocycles. The Labute approximate surface area is 178 Å². The van der Waals surface area contributed by atoms with Crippen molar-refractivity contribution >= 4 is 22.0 Å². The minimum Gasteiger partial charge on any atom is -0.349 e. The highest BCUT2D eigenvalue weighted by Gasteiger charge is 2.31. The third-order valence-electron chi connectivity index (χ3n) is 6.10. The van der Waals surface area contributed by atoms with Crippen molar-refractivity contribution in [2.75, 3.05) is 13.1 Å². The molecular formula is C24H28N2O3S. The van der Waals surface area contributed by atoms with Gasteiger partial charge >= 0.3 is 0 Å². The number of hydrogen-bond donors (Lipinski definition) is 1. The number of benzene rings is 2. The number of carbonyl (C=O) groups is 1. The summed E-state index contributed by atoms with van der Waals surface area (Å²) in [5.41, 5.74) is 3.39. The second-order valence-electron chi connectivity index (χ2n) is 8.08. The topological polar surface area (TPSA) is 66.5 Å². The second-order valence-corrected chi connectivity index (χ2v) is 9.90. The molecule has 2 aromatic carbocycles. The van der Waals surface area contributed by atoms with Crippen LogP contribution in [0.2, 0.25) is 0 Å². The number of fused-ring (bicyclic) bond motifs is 1. The molecule has 0 saturated carbocycles. The minimum absolute atomic E-state index is 0.0496. The van der Waals surface area contributed by atoms with Gasteiger partial charge in [-0.25, -0.2) is 8.42 Å². The zero-order valence-electron chi connectivity index (χ0n) is 17.0. The van der Waals surface area contributed by atoms with Crippen molar-refractivity contribution in [3.8, 4) is 0 Å².